The maximum absolute atomic E-state index is 13.9. The molecule has 3 aromatic carbocycles. The van der Waals surface area contributed by atoms with Crippen LogP contribution in [-0.4, -0.2) is 39.8 Å². The van der Waals surface area contributed by atoms with Gasteiger partial charge in [-0.05, 0) is 35.7 Å². The van der Waals surface area contributed by atoms with E-state index >= 15 is 0 Å². The number of carbonyl (C=O) groups excluding carboxylic acids is 1. The van der Waals surface area contributed by atoms with Gasteiger partial charge in [-0.25, -0.2) is 24.2 Å². The number of hydrogen-bond donors (Lipinski definition) is 1. The average Bonchev–Trinajstić information content (AvgIpc) is 3.70. The number of halogens is 1. The van der Waals surface area contributed by atoms with Crippen molar-refractivity contribution in [3.63, 3.8) is 0 Å². The van der Waals surface area contributed by atoms with E-state index in [0.29, 0.717) is 46.2 Å². The lowest BCUT2D eigenvalue weighted by Gasteiger charge is -2.11. The summed E-state index contributed by atoms with van der Waals surface area (Å²) in [6.07, 6.45) is 3.22. The molecule has 11 nitrogen and oxygen atoms in total. The summed E-state index contributed by atoms with van der Waals surface area (Å²) in [4.78, 5) is 52.2. The van der Waals surface area contributed by atoms with E-state index in [1.807, 2.05) is 91.9 Å². The number of fused-ring (bicyclic) bond motifs is 2. The van der Waals surface area contributed by atoms with Crippen LogP contribution in [-0.2, 0) is 31.0 Å². The zero-order valence-electron chi connectivity index (χ0n) is 26.7. The van der Waals surface area contributed by atoms with Crippen molar-refractivity contribution in [2.75, 3.05) is 0 Å². The SMILES string of the molecule is CCCCn1c(COC(=O)c2cc(-c3ccccc3)nc3c2cnn3Cc2ccc(Cl)cc2)nc2c1c(=O)[nH]c(=O)n2Cc1ccccc1. The van der Waals surface area contributed by atoms with Crippen molar-refractivity contribution in [2.45, 2.75) is 46.0 Å². The number of nitrogens with one attached hydrogen (secondary N) is 1. The van der Waals surface area contributed by atoms with Crippen LogP contribution in [0.15, 0.2) is 107 Å². The molecule has 0 atom stereocenters. The van der Waals surface area contributed by atoms with Crippen molar-refractivity contribution in [3.05, 3.63) is 146 Å². The third kappa shape index (κ3) is 6.53. The molecule has 0 amide bonds. The van der Waals surface area contributed by atoms with E-state index in [1.54, 1.807) is 21.5 Å². The molecular weight excluding hydrogens is 642 g/mol. The van der Waals surface area contributed by atoms with E-state index in [-0.39, 0.29) is 24.3 Å². The van der Waals surface area contributed by atoms with Crippen molar-refractivity contribution in [1.29, 1.82) is 0 Å². The Morgan fingerprint density at radius 3 is 2.31 bits per heavy atom. The van der Waals surface area contributed by atoms with Crippen LogP contribution < -0.4 is 11.2 Å². The lowest BCUT2D eigenvalue weighted by atomic mass is 10.1. The normalized spacial score (nSPS) is 11.4. The molecule has 7 rings (SSSR count). The Balaban J connectivity index is 1.26. The quantitative estimate of drug-likeness (QED) is 0.162. The molecule has 0 aliphatic rings. The summed E-state index contributed by atoms with van der Waals surface area (Å²) in [5.74, 6) is -0.234. The number of aryl methyl sites for hydroxylation is 1. The van der Waals surface area contributed by atoms with Gasteiger partial charge in [0.1, 0.15) is 12.4 Å². The Kier molecular flexibility index (Phi) is 8.91. The molecule has 246 valence electrons. The van der Waals surface area contributed by atoms with Gasteiger partial charge in [0.25, 0.3) is 5.56 Å². The predicted molar refractivity (Wildman–Crippen MR) is 188 cm³/mol. The maximum atomic E-state index is 13.9. The van der Waals surface area contributed by atoms with Crippen molar-refractivity contribution in [3.8, 4) is 11.3 Å². The van der Waals surface area contributed by atoms with Crippen LogP contribution in [0, 0.1) is 0 Å². The van der Waals surface area contributed by atoms with Crippen LogP contribution in [0.3, 0.4) is 0 Å². The number of nitrogens with zero attached hydrogens (tertiary/aromatic N) is 6. The lowest BCUT2D eigenvalue weighted by Crippen LogP contribution is -2.31. The van der Waals surface area contributed by atoms with Gasteiger partial charge >= 0.3 is 11.7 Å². The van der Waals surface area contributed by atoms with Crippen molar-refractivity contribution in [2.24, 2.45) is 0 Å². The molecule has 0 fully saturated rings. The first kappa shape index (κ1) is 31.8. The van der Waals surface area contributed by atoms with Crippen LogP contribution in [0.1, 0.15) is 47.1 Å². The van der Waals surface area contributed by atoms with Crippen LogP contribution in [0.4, 0.5) is 0 Å². The molecule has 12 heteroatoms. The molecule has 4 aromatic heterocycles. The molecule has 1 N–H and O–H groups in total. The average molecular weight is 674 g/mol. The van der Waals surface area contributed by atoms with Crippen molar-refractivity contribution < 1.29 is 9.53 Å². The molecule has 0 aliphatic carbocycles. The fourth-order valence-electron chi connectivity index (χ4n) is 5.86. The number of aromatic nitrogens is 7. The standard InChI is InChI=1S/C37H32ClN7O4/c1-2-3-18-43-31(41-34-32(43)35(46)42-37(48)44(34)21-24-10-6-4-7-11-24)23-49-36(47)28-19-30(26-12-8-5-9-13-26)40-33-29(28)20-39-45(33)22-25-14-16-27(38)17-15-25/h4-17,19-20H,2-3,18,21-23H2,1H3,(H,42,46,48). The highest BCUT2D eigenvalue weighted by Crippen LogP contribution is 2.27. The van der Waals surface area contributed by atoms with Crippen molar-refractivity contribution >= 4 is 39.8 Å². The van der Waals surface area contributed by atoms with Gasteiger partial charge in [-0.3, -0.25) is 14.3 Å². The number of imidazole rings is 1. The topological polar surface area (TPSA) is 130 Å². The predicted octanol–water partition coefficient (Wildman–Crippen LogP) is 6.21. The molecule has 0 radical (unpaired) electrons. The summed E-state index contributed by atoms with van der Waals surface area (Å²) in [6, 6.07) is 28.2. The van der Waals surface area contributed by atoms with Gasteiger partial charge in [0.15, 0.2) is 16.8 Å². The van der Waals surface area contributed by atoms with Crippen LogP contribution in [0.5, 0.6) is 0 Å². The third-order valence-corrected chi connectivity index (χ3v) is 8.61. The van der Waals surface area contributed by atoms with E-state index < -0.39 is 17.2 Å². The highest BCUT2D eigenvalue weighted by molar-refractivity contribution is 6.30. The molecular formula is C37H32ClN7O4. The first-order chi connectivity index (χ1) is 23.9. The first-order valence-corrected chi connectivity index (χ1v) is 16.4. The van der Waals surface area contributed by atoms with E-state index in [2.05, 4.69) is 10.1 Å². The summed E-state index contributed by atoms with van der Waals surface area (Å²) in [5, 5.41) is 5.74. The zero-order chi connectivity index (χ0) is 33.9. The number of carbonyl (C=O) groups is 1. The minimum Gasteiger partial charge on any atom is -0.454 e. The van der Waals surface area contributed by atoms with Crippen molar-refractivity contribution in [1.82, 2.24) is 33.9 Å². The highest BCUT2D eigenvalue weighted by Gasteiger charge is 2.23. The van der Waals surface area contributed by atoms with Gasteiger partial charge in [0, 0.05) is 17.1 Å². The van der Waals surface area contributed by atoms with E-state index in [9.17, 15) is 14.4 Å². The zero-order valence-corrected chi connectivity index (χ0v) is 27.4. The molecule has 0 unspecified atom stereocenters. The van der Waals surface area contributed by atoms with Crippen LogP contribution in [0.25, 0.3) is 33.5 Å². The minimum absolute atomic E-state index is 0.217. The van der Waals surface area contributed by atoms with Gasteiger partial charge < -0.3 is 9.30 Å². The fourth-order valence-corrected chi connectivity index (χ4v) is 5.98. The monoisotopic (exact) mass is 673 g/mol. The number of benzene rings is 3. The summed E-state index contributed by atoms with van der Waals surface area (Å²) in [7, 11) is 0. The largest absolute Gasteiger partial charge is 0.454 e. The summed E-state index contributed by atoms with van der Waals surface area (Å²) >= 11 is 6.10. The second kappa shape index (κ2) is 13.7. The fraction of sp³-hybridized carbons (Fsp3) is 0.189. The molecule has 7 aromatic rings. The van der Waals surface area contributed by atoms with E-state index in [4.69, 9.17) is 26.3 Å². The van der Waals surface area contributed by atoms with Crippen LogP contribution in [0.2, 0.25) is 5.02 Å². The molecule has 0 spiro atoms. The molecule has 49 heavy (non-hydrogen) atoms. The second-order valence-electron chi connectivity index (χ2n) is 11.7. The number of ether oxygens (including phenoxy) is 1. The number of rotatable bonds is 11. The Bertz CT molecular complexity index is 2400. The van der Waals surface area contributed by atoms with Gasteiger partial charge in [0.2, 0.25) is 0 Å². The molecule has 0 aliphatic heterocycles. The molecule has 4 heterocycles. The third-order valence-electron chi connectivity index (χ3n) is 8.36. The Morgan fingerprint density at radius 1 is 0.857 bits per heavy atom. The Morgan fingerprint density at radius 2 is 1.57 bits per heavy atom. The van der Waals surface area contributed by atoms with Gasteiger partial charge in [-0.1, -0.05) is 97.7 Å². The summed E-state index contributed by atoms with van der Waals surface area (Å²) in [5.41, 5.74) is 3.47. The van der Waals surface area contributed by atoms with Gasteiger partial charge in [-0.2, -0.15) is 5.10 Å². The minimum atomic E-state index is -0.597. The number of esters is 1. The van der Waals surface area contributed by atoms with E-state index in [1.165, 1.54) is 4.57 Å². The first-order valence-electron chi connectivity index (χ1n) is 16.0. The number of hydrogen-bond acceptors (Lipinski definition) is 7. The van der Waals surface area contributed by atoms with E-state index in [0.717, 1.165) is 29.5 Å². The summed E-state index contributed by atoms with van der Waals surface area (Å²) in [6.45, 7) is 2.91. The number of aromatic amines is 1. The maximum Gasteiger partial charge on any atom is 0.339 e. The molecule has 0 saturated heterocycles. The number of pyridine rings is 1. The lowest BCUT2D eigenvalue weighted by molar-refractivity contribution is 0.0460. The highest BCUT2D eigenvalue weighted by atomic mass is 35.5. The number of H-pyrrole nitrogens is 1. The smallest absolute Gasteiger partial charge is 0.339 e. The Labute approximate surface area is 285 Å². The van der Waals surface area contributed by atoms with Gasteiger partial charge in [-0.15, -0.1) is 0 Å². The van der Waals surface area contributed by atoms with Crippen LogP contribution >= 0.6 is 11.6 Å². The second-order valence-corrected chi connectivity index (χ2v) is 12.1. The summed E-state index contributed by atoms with van der Waals surface area (Å²) < 4.78 is 10.9. The Hall–Kier alpha value is -5.81. The molecule has 0 bridgehead atoms. The number of unbranched alkanes of at least 4 members (excludes halogenated alkanes) is 1. The molecule has 0 saturated carbocycles. The van der Waals surface area contributed by atoms with Gasteiger partial charge in [0.05, 0.1) is 35.9 Å².